The third kappa shape index (κ3) is 3.32. The average Bonchev–Trinajstić information content (AvgIpc) is 2.39. The van der Waals surface area contributed by atoms with Crippen molar-refractivity contribution in [3.8, 4) is 0 Å². The van der Waals surface area contributed by atoms with Crippen LogP contribution in [0, 0.1) is 0 Å². The van der Waals surface area contributed by atoms with Crippen molar-refractivity contribution in [3.63, 3.8) is 0 Å². The van der Waals surface area contributed by atoms with E-state index in [-0.39, 0.29) is 11.5 Å². The molecule has 0 aliphatic carbocycles. The van der Waals surface area contributed by atoms with E-state index in [1.165, 1.54) is 4.90 Å². The van der Waals surface area contributed by atoms with Gasteiger partial charge in [-0.05, 0) is 0 Å². The highest BCUT2D eigenvalue weighted by atomic mass is 16.4. The predicted octanol–water partition coefficient (Wildman–Crippen LogP) is -1.70. The average molecular weight is 262 g/mol. The van der Waals surface area contributed by atoms with Crippen LogP contribution in [0.1, 0.15) is 22.8 Å². The van der Waals surface area contributed by atoms with Gasteiger partial charge in [0.2, 0.25) is 5.91 Å². The van der Waals surface area contributed by atoms with Crippen LogP contribution < -0.4 is 10.0 Å². The van der Waals surface area contributed by atoms with E-state index in [9.17, 15) is 14.7 Å². The third-order valence-corrected chi connectivity index (χ3v) is 3.59. The topological polar surface area (TPSA) is 64.9 Å². The second-order valence-electron chi connectivity index (χ2n) is 4.88. The molecule has 1 aliphatic heterocycles. The lowest BCUT2D eigenvalue weighted by Gasteiger charge is -2.32. The zero-order valence-electron chi connectivity index (χ0n) is 11.0. The van der Waals surface area contributed by atoms with Crippen LogP contribution in [0.5, 0.6) is 0 Å². The second-order valence-corrected chi connectivity index (χ2v) is 4.88. The molecule has 1 saturated heterocycles. The van der Waals surface area contributed by atoms with Crippen molar-refractivity contribution in [1.29, 1.82) is 0 Å². The summed E-state index contributed by atoms with van der Waals surface area (Å²) in [5, 5.41) is 11.0. The van der Waals surface area contributed by atoms with E-state index in [1.54, 1.807) is 19.1 Å². The Balaban J connectivity index is 2.00. The van der Waals surface area contributed by atoms with Crippen LogP contribution >= 0.6 is 0 Å². The van der Waals surface area contributed by atoms with E-state index in [2.05, 4.69) is 0 Å². The first-order chi connectivity index (χ1) is 9.08. The molecule has 5 nitrogen and oxygen atoms in total. The number of rotatable bonds is 3. The number of nitrogens with one attached hydrogen (secondary N) is 1. The van der Waals surface area contributed by atoms with Crippen molar-refractivity contribution in [2.24, 2.45) is 0 Å². The number of carboxylic acid groups (broad SMARTS) is 1. The number of benzene rings is 1. The first-order valence-corrected chi connectivity index (χ1v) is 6.46. The van der Waals surface area contributed by atoms with Crippen LogP contribution in [0.3, 0.4) is 0 Å². The molecule has 0 spiro atoms. The van der Waals surface area contributed by atoms with Crippen molar-refractivity contribution < 1.29 is 19.6 Å². The molecule has 1 fully saturated rings. The number of quaternary nitrogens is 1. The molecule has 1 aromatic rings. The van der Waals surface area contributed by atoms with Crippen molar-refractivity contribution in [3.05, 3.63) is 35.4 Å². The Kier molecular flexibility index (Phi) is 4.16. The number of carboxylic acids is 1. The molecule has 0 atom stereocenters. The van der Waals surface area contributed by atoms with E-state index < -0.39 is 5.97 Å². The number of aromatic carboxylic acids is 1. The molecule has 1 heterocycles. The van der Waals surface area contributed by atoms with E-state index >= 15 is 0 Å². The lowest BCUT2D eigenvalue weighted by molar-refractivity contribution is -0.917. The van der Waals surface area contributed by atoms with Gasteiger partial charge in [-0.2, -0.15) is 0 Å². The Bertz CT molecular complexity index is 479. The highest BCUT2D eigenvalue weighted by Gasteiger charge is 2.22. The number of carbonyl (C=O) groups excluding carboxylic acids is 2. The molecule has 2 rings (SSSR count). The largest absolute Gasteiger partial charge is 0.545 e. The summed E-state index contributed by atoms with van der Waals surface area (Å²) in [5.41, 5.74) is 1.07. The van der Waals surface area contributed by atoms with Crippen LogP contribution in [0.25, 0.3) is 0 Å². The van der Waals surface area contributed by atoms with Gasteiger partial charge in [0.05, 0.1) is 32.1 Å². The second kappa shape index (κ2) is 5.84. The minimum Gasteiger partial charge on any atom is -0.545 e. The highest BCUT2D eigenvalue weighted by Crippen LogP contribution is 2.06. The number of hydrogen-bond donors (Lipinski definition) is 1. The molecular weight excluding hydrogens is 244 g/mol. The molecule has 0 radical (unpaired) electrons. The fourth-order valence-electron chi connectivity index (χ4n) is 2.46. The monoisotopic (exact) mass is 262 g/mol. The van der Waals surface area contributed by atoms with Crippen molar-refractivity contribution >= 4 is 11.9 Å². The number of hydrogen-bond acceptors (Lipinski definition) is 3. The SMILES string of the molecule is CC(=O)N1CC[NH+](Cc2ccccc2C(=O)[O-])CC1. The maximum atomic E-state index is 11.2. The van der Waals surface area contributed by atoms with Crippen molar-refractivity contribution in [2.45, 2.75) is 13.5 Å². The third-order valence-electron chi connectivity index (χ3n) is 3.59. The van der Waals surface area contributed by atoms with E-state index in [0.29, 0.717) is 6.54 Å². The van der Waals surface area contributed by atoms with Crippen molar-refractivity contribution in [2.75, 3.05) is 26.2 Å². The van der Waals surface area contributed by atoms with E-state index in [4.69, 9.17) is 0 Å². The highest BCUT2D eigenvalue weighted by molar-refractivity contribution is 5.87. The number of piperazine rings is 1. The maximum Gasteiger partial charge on any atom is 0.219 e. The lowest BCUT2D eigenvalue weighted by Crippen LogP contribution is -3.13. The standard InChI is InChI=1S/C14H18N2O3/c1-11(17)16-8-6-15(7-9-16)10-12-4-2-3-5-13(12)14(18)19/h2-5H,6-10H2,1H3,(H,18,19). The zero-order valence-corrected chi connectivity index (χ0v) is 11.0. The first kappa shape index (κ1) is 13.5. The van der Waals surface area contributed by atoms with Gasteiger partial charge in [-0.15, -0.1) is 0 Å². The fourth-order valence-corrected chi connectivity index (χ4v) is 2.46. The quantitative estimate of drug-likeness (QED) is 0.706. The summed E-state index contributed by atoms with van der Waals surface area (Å²) in [5.74, 6) is -1.02. The van der Waals surface area contributed by atoms with Crippen LogP contribution in [0.2, 0.25) is 0 Å². The molecule has 0 aromatic heterocycles. The predicted molar refractivity (Wildman–Crippen MR) is 67.4 cm³/mol. The number of nitrogens with zero attached hydrogens (tertiary/aromatic N) is 1. The minimum absolute atomic E-state index is 0.106. The Morgan fingerprint density at radius 3 is 2.47 bits per heavy atom. The first-order valence-electron chi connectivity index (χ1n) is 6.46. The molecule has 0 unspecified atom stereocenters. The summed E-state index contributed by atoms with van der Waals surface area (Å²) in [7, 11) is 0. The Labute approximate surface area is 112 Å². The van der Waals surface area contributed by atoms with Crippen LogP contribution in [-0.4, -0.2) is 43.0 Å². The molecule has 1 aliphatic rings. The van der Waals surface area contributed by atoms with Crippen LogP contribution in [-0.2, 0) is 11.3 Å². The summed E-state index contributed by atoms with van der Waals surface area (Å²) in [4.78, 5) is 25.4. The molecule has 0 bridgehead atoms. The normalized spacial score (nSPS) is 16.4. The zero-order chi connectivity index (χ0) is 13.8. The molecular formula is C14H18N2O3. The summed E-state index contributed by atoms with van der Waals surface area (Å²) in [6.07, 6.45) is 0. The fraction of sp³-hybridized carbons (Fsp3) is 0.429. The summed E-state index contributed by atoms with van der Waals surface area (Å²) in [6, 6.07) is 6.95. The van der Waals surface area contributed by atoms with Crippen molar-refractivity contribution in [1.82, 2.24) is 4.90 Å². The maximum absolute atomic E-state index is 11.2. The summed E-state index contributed by atoms with van der Waals surface area (Å²) < 4.78 is 0. The molecule has 5 heteroatoms. The van der Waals surface area contributed by atoms with Gasteiger partial charge in [-0.25, -0.2) is 0 Å². The molecule has 1 N–H and O–H groups in total. The number of amides is 1. The minimum atomic E-state index is -1.13. The Morgan fingerprint density at radius 1 is 1.26 bits per heavy atom. The van der Waals surface area contributed by atoms with Gasteiger partial charge in [0.1, 0.15) is 6.54 Å². The summed E-state index contributed by atoms with van der Waals surface area (Å²) >= 11 is 0. The van der Waals surface area contributed by atoms with E-state index in [1.807, 2.05) is 17.0 Å². The van der Waals surface area contributed by atoms with Gasteiger partial charge in [-0.3, -0.25) is 4.79 Å². The van der Waals surface area contributed by atoms with Crippen LogP contribution in [0.15, 0.2) is 24.3 Å². The molecule has 1 amide bonds. The number of carbonyl (C=O) groups is 2. The van der Waals surface area contributed by atoms with Gasteiger partial charge < -0.3 is 19.7 Å². The smallest absolute Gasteiger partial charge is 0.219 e. The lowest BCUT2D eigenvalue weighted by atomic mass is 10.1. The van der Waals surface area contributed by atoms with E-state index in [0.717, 1.165) is 31.7 Å². The van der Waals surface area contributed by atoms with Gasteiger partial charge >= 0.3 is 0 Å². The van der Waals surface area contributed by atoms with Crippen LogP contribution in [0.4, 0.5) is 0 Å². The molecule has 19 heavy (non-hydrogen) atoms. The van der Waals surface area contributed by atoms with Gasteiger partial charge in [-0.1, -0.05) is 24.3 Å². The molecule has 102 valence electrons. The molecule has 0 saturated carbocycles. The van der Waals surface area contributed by atoms with Gasteiger partial charge in [0, 0.05) is 18.1 Å². The van der Waals surface area contributed by atoms with Gasteiger partial charge in [0.25, 0.3) is 0 Å². The Morgan fingerprint density at radius 2 is 1.89 bits per heavy atom. The van der Waals surface area contributed by atoms with Gasteiger partial charge in [0.15, 0.2) is 0 Å². The summed E-state index contributed by atoms with van der Waals surface area (Å²) in [6.45, 7) is 5.41. The molecule has 1 aromatic carbocycles. The Hall–Kier alpha value is -1.88.